The molecule has 0 N–H and O–H groups in total. The minimum absolute atomic E-state index is 0.0267. The zero-order valence-electron chi connectivity index (χ0n) is 19.3. The van der Waals surface area contributed by atoms with Crippen molar-refractivity contribution in [3.8, 4) is 11.4 Å². The second-order valence-electron chi connectivity index (χ2n) is 7.76. The SMILES string of the molecule is CCOP(=O)(COC1CN(c2ccc(-n3c(C)nc4cc(F)c(OC)cc43)cc2)C1)OCC. The molecule has 0 radical (unpaired) electrons. The van der Waals surface area contributed by atoms with Crippen molar-refractivity contribution in [1.82, 2.24) is 9.55 Å². The summed E-state index contributed by atoms with van der Waals surface area (Å²) >= 11 is 0. The van der Waals surface area contributed by atoms with Crippen LogP contribution in [0.4, 0.5) is 10.1 Å². The maximum Gasteiger partial charge on any atom is 0.356 e. The first-order valence-corrected chi connectivity index (χ1v) is 12.7. The van der Waals surface area contributed by atoms with Crippen LogP contribution in [0.5, 0.6) is 5.75 Å². The number of aromatic nitrogens is 2. The van der Waals surface area contributed by atoms with Crippen LogP contribution in [-0.2, 0) is 18.3 Å². The first kappa shape index (κ1) is 23.7. The Kier molecular flexibility index (Phi) is 7.05. The molecule has 0 saturated carbocycles. The molecule has 3 aromatic rings. The Hall–Kier alpha value is -2.45. The van der Waals surface area contributed by atoms with E-state index in [0.717, 1.165) is 22.7 Å². The van der Waals surface area contributed by atoms with E-state index in [1.165, 1.54) is 13.2 Å². The van der Waals surface area contributed by atoms with Gasteiger partial charge in [0.1, 0.15) is 12.2 Å². The van der Waals surface area contributed by atoms with E-state index >= 15 is 0 Å². The molecule has 0 atom stereocenters. The molecular weight excluding hydrogens is 448 g/mol. The highest BCUT2D eigenvalue weighted by atomic mass is 31.2. The summed E-state index contributed by atoms with van der Waals surface area (Å²) in [6, 6.07) is 11.1. The second kappa shape index (κ2) is 9.81. The van der Waals surface area contributed by atoms with Crippen molar-refractivity contribution >= 4 is 24.3 Å². The van der Waals surface area contributed by atoms with Crippen LogP contribution < -0.4 is 9.64 Å². The zero-order chi connectivity index (χ0) is 23.6. The molecule has 33 heavy (non-hydrogen) atoms. The Labute approximate surface area is 192 Å². The van der Waals surface area contributed by atoms with Gasteiger partial charge >= 0.3 is 7.60 Å². The fourth-order valence-electron chi connectivity index (χ4n) is 3.95. The van der Waals surface area contributed by atoms with Crippen molar-refractivity contribution in [3.05, 3.63) is 48.0 Å². The average molecular weight is 477 g/mol. The minimum atomic E-state index is -3.19. The van der Waals surface area contributed by atoms with Crippen molar-refractivity contribution in [2.24, 2.45) is 0 Å². The van der Waals surface area contributed by atoms with Crippen LogP contribution in [-0.4, -0.2) is 55.4 Å². The van der Waals surface area contributed by atoms with Gasteiger partial charge in [0, 0.05) is 36.6 Å². The zero-order valence-corrected chi connectivity index (χ0v) is 20.2. The van der Waals surface area contributed by atoms with E-state index in [-0.39, 0.29) is 18.2 Å². The van der Waals surface area contributed by atoms with Crippen molar-refractivity contribution in [2.45, 2.75) is 26.9 Å². The van der Waals surface area contributed by atoms with Gasteiger partial charge in [-0.05, 0) is 45.0 Å². The van der Waals surface area contributed by atoms with Crippen molar-refractivity contribution in [2.75, 3.05) is 44.7 Å². The monoisotopic (exact) mass is 477 g/mol. The molecule has 1 aliphatic rings. The van der Waals surface area contributed by atoms with E-state index in [1.807, 2.05) is 35.8 Å². The van der Waals surface area contributed by atoms with Gasteiger partial charge in [-0.1, -0.05) is 0 Å². The summed E-state index contributed by atoms with van der Waals surface area (Å²) < 4.78 is 50.0. The van der Waals surface area contributed by atoms with Crippen molar-refractivity contribution < 1.29 is 27.5 Å². The molecular formula is C23H29FN3O5P. The number of benzene rings is 2. The lowest BCUT2D eigenvalue weighted by atomic mass is 10.1. The minimum Gasteiger partial charge on any atom is -0.494 e. The summed E-state index contributed by atoms with van der Waals surface area (Å²) in [5, 5.41) is 0. The van der Waals surface area contributed by atoms with Crippen molar-refractivity contribution in [1.29, 1.82) is 0 Å². The summed E-state index contributed by atoms with van der Waals surface area (Å²) in [6.45, 7) is 7.47. The van der Waals surface area contributed by atoms with E-state index in [1.54, 1.807) is 19.9 Å². The topological polar surface area (TPSA) is 75.1 Å². The van der Waals surface area contributed by atoms with Gasteiger partial charge in [0.05, 0.1) is 37.5 Å². The molecule has 1 fully saturated rings. The normalized spacial score (nSPS) is 14.6. The number of fused-ring (bicyclic) bond motifs is 1. The molecule has 2 aromatic carbocycles. The molecule has 4 rings (SSSR count). The summed E-state index contributed by atoms with van der Waals surface area (Å²) in [4.78, 5) is 6.66. The van der Waals surface area contributed by atoms with Crippen LogP contribution in [0, 0.1) is 12.7 Å². The number of halogens is 1. The number of nitrogens with zero attached hydrogens (tertiary/aromatic N) is 3. The Morgan fingerprint density at radius 1 is 1.09 bits per heavy atom. The number of imidazole rings is 1. The first-order valence-electron chi connectivity index (χ1n) is 10.9. The van der Waals surface area contributed by atoms with Gasteiger partial charge < -0.3 is 23.4 Å². The van der Waals surface area contributed by atoms with Gasteiger partial charge in [-0.2, -0.15) is 0 Å². The first-order chi connectivity index (χ1) is 15.9. The van der Waals surface area contributed by atoms with E-state index in [9.17, 15) is 8.96 Å². The second-order valence-corrected chi connectivity index (χ2v) is 9.75. The number of methoxy groups -OCH3 is 1. The quantitative estimate of drug-likeness (QED) is 0.384. The Balaban J connectivity index is 1.42. The summed E-state index contributed by atoms with van der Waals surface area (Å²) in [6.07, 6.45) is -0.0653. The fourth-order valence-corrected chi connectivity index (χ4v) is 5.35. The maximum absolute atomic E-state index is 14.1. The van der Waals surface area contributed by atoms with Gasteiger partial charge in [-0.3, -0.25) is 9.13 Å². The highest BCUT2D eigenvalue weighted by Gasteiger charge is 2.32. The third-order valence-corrected chi connectivity index (χ3v) is 7.31. The van der Waals surface area contributed by atoms with E-state index in [2.05, 4.69) is 9.88 Å². The number of hydrogen-bond donors (Lipinski definition) is 0. The lowest BCUT2D eigenvalue weighted by Gasteiger charge is -2.41. The standard InChI is InChI=1S/C23H29FN3O5P/c1-5-31-33(28,32-6-2)15-30-19-13-26(14-19)17-7-9-18(10-8-17)27-16(3)25-21-11-20(24)23(29-4)12-22(21)27/h7-12,19H,5-6,13-15H2,1-4H3. The lowest BCUT2D eigenvalue weighted by molar-refractivity contribution is 0.0476. The lowest BCUT2D eigenvalue weighted by Crippen LogP contribution is -2.52. The third-order valence-electron chi connectivity index (χ3n) is 5.54. The van der Waals surface area contributed by atoms with E-state index < -0.39 is 13.4 Å². The number of anilines is 1. The maximum atomic E-state index is 14.1. The Morgan fingerprint density at radius 3 is 2.33 bits per heavy atom. The molecule has 0 spiro atoms. The van der Waals surface area contributed by atoms with E-state index in [4.69, 9.17) is 18.5 Å². The van der Waals surface area contributed by atoms with Gasteiger partial charge in [0.15, 0.2) is 11.6 Å². The Morgan fingerprint density at radius 2 is 1.73 bits per heavy atom. The summed E-state index contributed by atoms with van der Waals surface area (Å²) in [5.74, 6) is 0.513. The molecule has 1 aliphatic heterocycles. The van der Waals surface area contributed by atoms with E-state index in [0.29, 0.717) is 31.8 Å². The van der Waals surface area contributed by atoms with Gasteiger partial charge in [-0.15, -0.1) is 0 Å². The number of ether oxygens (including phenoxy) is 2. The molecule has 8 nitrogen and oxygen atoms in total. The van der Waals surface area contributed by atoms with Crippen LogP contribution >= 0.6 is 7.60 Å². The smallest absolute Gasteiger partial charge is 0.356 e. The molecule has 10 heteroatoms. The molecule has 0 unspecified atom stereocenters. The van der Waals surface area contributed by atoms with Crippen LogP contribution in [0.2, 0.25) is 0 Å². The molecule has 2 heterocycles. The fraction of sp³-hybridized carbons (Fsp3) is 0.435. The van der Waals surface area contributed by atoms with Gasteiger partial charge in [-0.25, -0.2) is 9.37 Å². The van der Waals surface area contributed by atoms with Gasteiger partial charge in [0.25, 0.3) is 0 Å². The molecule has 0 bridgehead atoms. The van der Waals surface area contributed by atoms with Crippen LogP contribution in [0.1, 0.15) is 19.7 Å². The van der Waals surface area contributed by atoms with Crippen LogP contribution in [0.3, 0.4) is 0 Å². The predicted octanol–water partition coefficient (Wildman–Crippen LogP) is 4.91. The average Bonchev–Trinajstić information content (AvgIpc) is 3.07. The van der Waals surface area contributed by atoms with Crippen LogP contribution in [0.25, 0.3) is 16.7 Å². The molecule has 1 aromatic heterocycles. The molecule has 0 aliphatic carbocycles. The largest absolute Gasteiger partial charge is 0.494 e. The predicted molar refractivity (Wildman–Crippen MR) is 125 cm³/mol. The molecule has 178 valence electrons. The van der Waals surface area contributed by atoms with Gasteiger partial charge in [0.2, 0.25) is 0 Å². The number of rotatable bonds is 10. The number of aryl methyl sites for hydroxylation is 1. The summed E-state index contributed by atoms with van der Waals surface area (Å²) in [7, 11) is -1.75. The van der Waals surface area contributed by atoms with Crippen molar-refractivity contribution in [3.63, 3.8) is 0 Å². The highest BCUT2D eigenvalue weighted by molar-refractivity contribution is 7.53. The molecule has 1 saturated heterocycles. The Bertz CT molecular complexity index is 1150. The highest BCUT2D eigenvalue weighted by Crippen LogP contribution is 2.48. The summed E-state index contributed by atoms with van der Waals surface area (Å²) in [5.41, 5.74) is 3.34. The third kappa shape index (κ3) is 4.92. The van der Waals surface area contributed by atoms with Crippen LogP contribution in [0.15, 0.2) is 36.4 Å². The number of hydrogen-bond acceptors (Lipinski definition) is 7. The molecule has 0 amide bonds.